The van der Waals surface area contributed by atoms with Crippen LogP contribution in [-0.2, 0) is 0 Å². The summed E-state index contributed by atoms with van der Waals surface area (Å²) in [5.74, 6) is -4.65. The Labute approximate surface area is 116 Å². The molecular formula is C12H7ClF3N3O. The summed E-state index contributed by atoms with van der Waals surface area (Å²) in [4.78, 5) is 15.5. The number of nitrogens with zero attached hydrogens (tertiary/aromatic N) is 1. The number of hydrogen-bond donors (Lipinski definition) is 2. The first kappa shape index (κ1) is 14.1. The molecule has 1 aromatic carbocycles. The molecule has 1 amide bonds. The van der Waals surface area contributed by atoms with E-state index in [1.165, 1.54) is 12.1 Å². The van der Waals surface area contributed by atoms with E-state index < -0.39 is 29.0 Å². The Morgan fingerprint density at radius 3 is 2.50 bits per heavy atom. The van der Waals surface area contributed by atoms with Crippen molar-refractivity contribution >= 4 is 29.0 Å². The third kappa shape index (κ3) is 2.83. The highest BCUT2D eigenvalue weighted by Crippen LogP contribution is 2.21. The van der Waals surface area contributed by atoms with Crippen molar-refractivity contribution in [3.8, 4) is 0 Å². The molecule has 0 aliphatic carbocycles. The average molecular weight is 302 g/mol. The molecule has 2 rings (SSSR count). The number of nitrogen functional groups attached to an aromatic ring is 1. The summed E-state index contributed by atoms with van der Waals surface area (Å²) in [6.45, 7) is 0. The van der Waals surface area contributed by atoms with Crippen molar-refractivity contribution < 1.29 is 18.0 Å². The number of hydrogen-bond acceptors (Lipinski definition) is 3. The number of carbonyl (C=O) groups is 1. The Morgan fingerprint density at radius 1 is 1.15 bits per heavy atom. The van der Waals surface area contributed by atoms with Gasteiger partial charge < -0.3 is 11.1 Å². The number of nitrogens with two attached hydrogens (primary N) is 1. The highest BCUT2D eigenvalue weighted by atomic mass is 35.5. The quantitative estimate of drug-likeness (QED) is 0.838. The minimum Gasteiger partial charge on any atom is -0.384 e. The van der Waals surface area contributed by atoms with Gasteiger partial charge in [-0.15, -0.1) is 0 Å². The van der Waals surface area contributed by atoms with Crippen LogP contribution in [0.15, 0.2) is 24.3 Å². The zero-order valence-corrected chi connectivity index (χ0v) is 10.5. The van der Waals surface area contributed by atoms with Crippen LogP contribution in [0, 0.1) is 17.5 Å². The molecule has 1 aromatic heterocycles. The third-order valence-corrected chi connectivity index (χ3v) is 2.65. The second kappa shape index (κ2) is 5.38. The number of anilines is 2. The van der Waals surface area contributed by atoms with E-state index >= 15 is 0 Å². The molecule has 0 spiro atoms. The fraction of sp³-hybridized carbons (Fsp3) is 0. The second-order valence-corrected chi connectivity index (χ2v) is 4.17. The highest BCUT2D eigenvalue weighted by molar-refractivity contribution is 6.34. The van der Waals surface area contributed by atoms with Gasteiger partial charge >= 0.3 is 0 Å². The highest BCUT2D eigenvalue weighted by Gasteiger charge is 2.16. The average Bonchev–Trinajstić information content (AvgIpc) is 2.38. The van der Waals surface area contributed by atoms with Gasteiger partial charge in [0, 0.05) is 12.1 Å². The molecule has 0 bridgehead atoms. The number of halogens is 4. The summed E-state index contributed by atoms with van der Waals surface area (Å²) in [6, 6.07) is 3.54. The summed E-state index contributed by atoms with van der Waals surface area (Å²) in [7, 11) is 0. The van der Waals surface area contributed by atoms with Crippen molar-refractivity contribution in [1.82, 2.24) is 4.98 Å². The van der Waals surface area contributed by atoms with Gasteiger partial charge in [0.25, 0.3) is 5.91 Å². The van der Waals surface area contributed by atoms with Crippen LogP contribution in [0.4, 0.5) is 24.7 Å². The van der Waals surface area contributed by atoms with Gasteiger partial charge in [-0.05, 0) is 12.1 Å². The van der Waals surface area contributed by atoms with E-state index in [-0.39, 0.29) is 16.5 Å². The summed E-state index contributed by atoms with van der Waals surface area (Å²) >= 11 is 5.75. The van der Waals surface area contributed by atoms with Gasteiger partial charge in [-0.25, -0.2) is 18.2 Å². The van der Waals surface area contributed by atoms with Crippen LogP contribution in [0.25, 0.3) is 0 Å². The molecule has 20 heavy (non-hydrogen) atoms. The minimum atomic E-state index is -1.36. The summed E-state index contributed by atoms with van der Waals surface area (Å²) in [5, 5.41) is 2.03. The Hall–Kier alpha value is -2.28. The maximum atomic E-state index is 13.4. The molecule has 0 aliphatic rings. The van der Waals surface area contributed by atoms with E-state index in [0.29, 0.717) is 12.1 Å². The van der Waals surface area contributed by atoms with E-state index in [9.17, 15) is 18.0 Å². The number of amides is 1. The van der Waals surface area contributed by atoms with Crippen LogP contribution in [0.3, 0.4) is 0 Å². The van der Waals surface area contributed by atoms with Gasteiger partial charge in [0.2, 0.25) is 0 Å². The minimum absolute atomic E-state index is 0.0142. The second-order valence-electron chi connectivity index (χ2n) is 3.77. The van der Waals surface area contributed by atoms with E-state index in [4.69, 9.17) is 17.3 Å². The Balaban J connectivity index is 2.32. The van der Waals surface area contributed by atoms with E-state index in [2.05, 4.69) is 4.98 Å². The molecule has 0 saturated carbocycles. The molecule has 0 atom stereocenters. The number of pyridine rings is 1. The molecule has 0 unspecified atom stereocenters. The molecule has 0 radical (unpaired) electrons. The van der Waals surface area contributed by atoms with Gasteiger partial charge in [-0.1, -0.05) is 11.6 Å². The van der Waals surface area contributed by atoms with Crippen LogP contribution in [-0.4, -0.2) is 10.9 Å². The fourth-order valence-electron chi connectivity index (χ4n) is 1.42. The van der Waals surface area contributed by atoms with E-state index in [1.807, 2.05) is 5.32 Å². The molecule has 1 heterocycles. The monoisotopic (exact) mass is 301 g/mol. The van der Waals surface area contributed by atoms with Crippen molar-refractivity contribution in [2.75, 3.05) is 11.1 Å². The van der Waals surface area contributed by atoms with Gasteiger partial charge in [-0.3, -0.25) is 4.79 Å². The number of carbonyl (C=O) groups excluding carboxylic acids is 1. The standard InChI is InChI=1S/C12H7ClF3N3O/c13-5-1-2-10(17)19-11(5)12(20)18-9-4-7(15)6(14)3-8(9)16/h1-4H,(H2,17,19)(H,18,20). The zero-order valence-electron chi connectivity index (χ0n) is 9.75. The molecule has 8 heteroatoms. The van der Waals surface area contributed by atoms with Crippen molar-refractivity contribution in [1.29, 1.82) is 0 Å². The van der Waals surface area contributed by atoms with E-state index in [1.54, 1.807) is 0 Å². The Kier molecular flexibility index (Phi) is 3.80. The molecule has 2 aromatic rings. The smallest absolute Gasteiger partial charge is 0.275 e. The number of benzene rings is 1. The maximum Gasteiger partial charge on any atom is 0.275 e. The van der Waals surface area contributed by atoms with Gasteiger partial charge in [0.05, 0.1) is 10.7 Å². The largest absolute Gasteiger partial charge is 0.384 e. The predicted molar refractivity (Wildman–Crippen MR) is 67.9 cm³/mol. The van der Waals surface area contributed by atoms with Gasteiger partial charge in [-0.2, -0.15) is 0 Å². The van der Waals surface area contributed by atoms with Crippen LogP contribution in [0.2, 0.25) is 5.02 Å². The summed E-state index contributed by atoms with van der Waals surface area (Å²) in [5.41, 5.74) is 4.61. The number of nitrogens with one attached hydrogen (secondary N) is 1. The van der Waals surface area contributed by atoms with Crippen LogP contribution >= 0.6 is 11.6 Å². The summed E-state index contributed by atoms with van der Waals surface area (Å²) in [6.07, 6.45) is 0. The molecule has 0 aliphatic heterocycles. The SMILES string of the molecule is Nc1ccc(Cl)c(C(=O)Nc2cc(F)c(F)cc2F)n1. The number of aromatic nitrogens is 1. The zero-order chi connectivity index (χ0) is 14.9. The van der Waals surface area contributed by atoms with Crippen LogP contribution in [0.1, 0.15) is 10.5 Å². The lowest BCUT2D eigenvalue weighted by atomic mass is 10.2. The molecule has 104 valence electrons. The lowest BCUT2D eigenvalue weighted by Crippen LogP contribution is -2.16. The van der Waals surface area contributed by atoms with Crippen LogP contribution < -0.4 is 11.1 Å². The molecular weight excluding hydrogens is 295 g/mol. The Bertz CT molecular complexity index is 694. The normalized spacial score (nSPS) is 10.4. The molecule has 0 saturated heterocycles. The first-order chi connectivity index (χ1) is 9.38. The first-order valence-electron chi connectivity index (χ1n) is 5.26. The van der Waals surface area contributed by atoms with Crippen molar-refractivity contribution in [2.24, 2.45) is 0 Å². The molecule has 3 N–H and O–H groups in total. The van der Waals surface area contributed by atoms with Gasteiger partial charge in [0.1, 0.15) is 17.3 Å². The Morgan fingerprint density at radius 2 is 1.80 bits per heavy atom. The lowest BCUT2D eigenvalue weighted by Gasteiger charge is -2.08. The van der Waals surface area contributed by atoms with Crippen molar-refractivity contribution in [3.63, 3.8) is 0 Å². The van der Waals surface area contributed by atoms with Crippen molar-refractivity contribution in [2.45, 2.75) is 0 Å². The maximum absolute atomic E-state index is 13.4. The fourth-order valence-corrected chi connectivity index (χ4v) is 1.61. The third-order valence-electron chi connectivity index (χ3n) is 2.34. The number of rotatable bonds is 2. The topological polar surface area (TPSA) is 68.0 Å². The summed E-state index contributed by atoms with van der Waals surface area (Å²) < 4.78 is 39.1. The lowest BCUT2D eigenvalue weighted by molar-refractivity contribution is 0.102. The van der Waals surface area contributed by atoms with Crippen LogP contribution in [0.5, 0.6) is 0 Å². The van der Waals surface area contributed by atoms with Gasteiger partial charge in [0.15, 0.2) is 11.6 Å². The molecule has 4 nitrogen and oxygen atoms in total. The first-order valence-corrected chi connectivity index (χ1v) is 5.64. The predicted octanol–water partition coefficient (Wildman–Crippen LogP) is 2.99. The van der Waals surface area contributed by atoms with E-state index in [0.717, 1.165) is 0 Å². The van der Waals surface area contributed by atoms with Crippen molar-refractivity contribution in [3.05, 3.63) is 52.4 Å². The molecule has 0 fully saturated rings.